The molecule has 1 heterocycles. The largest absolute Gasteiger partial charge is 0.381 e. The van der Waals surface area contributed by atoms with Gasteiger partial charge in [-0.2, -0.15) is 4.31 Å². The molecule has 0 unspecified atom stereocenters. The van der Waals surface area contributed by atoms with Crippen LogP contribution in [0.25, 0.3) is 0 Å². The Hall–Kier alpha value is -1.15. The van der Waals surface area contributed by atoms with Gasteiger partial charge in [0.2, 0.25) is 10.0 Å². The summed E-state index contributed by atoms with van der Waals surface area (Å²) >= 11 is 6.10. The van der Waals surface area contributed by atoms with Crippen molar-refractivity contribution >= 4 is 27.5 Å². The van der Waals surface area contributed by atoms with Gasteiger partial charge in [-0.05, 0) is 43.9 Å². The molecule has 0 aromatic heterocycles. The standard InChI is InChI=1S/C18H27ClN2O4S/c1-2-3-12-25-13-6-9-20-18(22)16-14-15(7-8-17(16)19)26(23,24)21-10-4-5-11-21/h7-8,14H,2-6,9-13H2,1H3,(H,20,22). The van der Waals surface area contributed by atoms with E-state index in [0.29, 0.717) is 32.7 Å². The van der Waals surface area contributed by atoms with E-state index in [1.807, 2.05) is 0 Å². The van der Waals surface area contributed by atoms with Crippen LogP contribution in [0.4, 0.5) is 0 Å². The van der Waals surface area contributed by atoms with Crippen molar-refractivity contribution < 1.29 is 17.9 Å². The van der Waals surface area contributed by atoms with Gasteiger partial charge in [0.1, 0.15) is 0 Å². The molecule has 0 spiro atoms. The van der Waals surface area contributed by atoms with Gasteiger partial charge < -0.3 is 10.1 Å². The number of ether oxygens (including phenoxy) is 1. The molecule has 1 fully saturated rings. The summed E-state index contributed by atoms with van der Waals surface area (Å²) < 4.78 is 32.2. The number of hydrogen-bond acceptors (Lipinski definition) is 4. The summed E-state index contributed by atoms with van der Waals surface area (Å²) in [6.07, 6.45) is 4.53. The number of carbonyl (C=O) groups excluding carboxylic acids is 1. The molecular weight excluding hydrogens is 376 g/mol. The van der Waals surface area contributed by atoms with Gasteiger partial charge in [-0.1, -0.05) is 24.9 Å². The number of amides is 1. The second-order valence-corrected chi connectivity index (χ2v) is 8.67. The van der Waals surface area contributed by atoms with Crippen LogP contribution in [0, 0.1) is 0 Å². The maximum atomic E-state index is 12.6. The first-order chi connectivity index (χ1) is 12.5. The average molecular weight is 403 g/mol. The molecule has 1 amide bonds. The highest BCUT2D eigenvalue weighted by molar-refractivity contribution is 7.89. The van der Waals surface area contributed by atoms with E-state index >= 15 is 0 Å². The van der Waals surface area contributed by atoms with Crippen LogP contribution in [0.1, 0.15) is 49.4 Å². The van der Waals surface area contributed by atoms with Gasteiger partial charge in [0.15, 0.2) is 0 Å². The molecule has 2 rings (SSSR count). The summed E-state index contributed by atoms with van der Waals surface area (Å²) in [7, 11) is -3.57. The molecule has 1 aliphatic rings. The lowest BCUT2D eigenvalue weighted by molar-refractivity contribution is 0.0940. The molecule has 6 nitrogen and oxygen atoms in total. The fourth-order valence-corrected chi connectivity index (χ4v) is 4.48. The number of nitrogens with zero attached hydrogens (tertiary/aromatic N) is 1. The van der Waals surface area contributed by atoms with E-state index in [0.717, 1.165) is 32.3 Å². The van der Waals surface area contributed by atoms with E-state index in [1.54, 1.807) is 0 Å². The molecule has 0 saturated carbocycles. The van der Waals surface area contributed by atoms with Crippen LogP contribution in [0.15, 0.2) is 23.1 Å². The van der Waals surface area contributed by atoms with Crippen molar-refractivity contribution in [3.63, 3.8) is 0 Å². The highest BCUT2D eigenvalue weighted by Gasteiger charge is 2.28. The minimum atomic E-state index is -3.57. The van der Waals surface area contributed by atoms with Gasteiger partial charge in [0.05, 0.1) is 15.5 Å². The molecule has 0 atom stereocenters. The first kappa shape index (κ1) is 21.2. The van der Waals surface area contributed by atoms with E-state index < -0.39 is 10.0 Å². The van der Waals surface area contributed by atoms with Gasteiger partial charge in [0.25, 0.3) is 5.91 Å². The Kier molecular flexibility index (Phi) is 8.34. The van der Waals surface area contributed by atoms with Crippen molar-refractivity contribution in [1.29, 1.82) is 0 Å². The lowest BCUT2D eigenvalue weighted by Gasteiger charge is -2.16. The Morgan fingerprint density at radius 2 is 1.92 bits per heavy atom. The Balaban J connectivity index is 1.95. The zero-order valence-corrected chi connectivity index (χ0v) is 16.7. The first-order valence-electron chi connectivity index (χ1n) is 9.12. The maximum absolute atomic E-state index is 12.6. The lowest BCUT2D eigenvalue weighted by Crippen LogP contribution is -2.29. The minimum Gasteiger partial charge on any atom is -0.381 e. The monoisotopic (exact) mass is 402 g/mol. The Morgan fingerprint density at radius 3 is 2.62 bits per heavy atom. The van der Waals surface area contributed by atoms with Crippen molar-refractivity contribution in [2.24, 2.45) is 0 Å². The van der Waals surface area contributed by atoms with E-state index in [9.17, 15) is 13.2 Å². The molecular formula is C18H27ClN2O4S. The number of sulfonamides is 1. The smallest absolute Gasteiger partial charge is 0.252 e. The summed E-state index contributed by atoms with van der Waals surface area (Å²) in [5, 5.41) is 3.01. The van der Waals surface area contributed by atoms with Crippen molar-refractivity contribution in [3.8, 4) is 0 Å². The second-order valence-electron chi connectivity index (χ2n) is 6.33. The SMILES string of the molecule is CCCCOCCCNC(=O)c1cc(S(=O)(=O)N2CCCC2)ccc1Cl. The number of unbranched alkanes of at least 4 members (excludes halogenated alkanes) is 1. The molecule has 1 aliphatic heterocycles. The Labute approximate surface area is 160 Å². The van der Waals surface area contributed by atoms with Crippen LogP contribution in [0.5, 0.6) is 0 Å². The molecule has 8 heteroatoms. The molecule has 146 valence electrons. The average Bonchev–Trinajstić information content (AvgIpc) is 3.16. The van der Waals surface area contributed by atoms with Gasteiger partial charge >= 0.3 is 0 Å². The summed E-state index contributed by atoms with van der Waals surface area (Å²) in [6.45, 7) is 4.90. The highest BCUT2D eigenvalue weighted by atomic mass is 35.5. The number of benzene rings is 1. The maximum Gasteiger partial charge on any atom is 0.252 e. The molecule has 1 aromatic carbocycles. The van der Waals surface area contributed by atoms with Crippen LogP contribution >= 0.6 is 11.6 Å². The molecule has 26 heavy (non-hydrogen) atoms. The van der Waals surface area contributed by atoms with Crippen LogP contribution in [0.2, 0.25) is 5.02 Å². The molecule has 0 bridgehead atoms. The fourth-order valence-electron chi connectivity index (χ4n) is 2.74. The second kappa shape index (κ2) is 10.3. The quantitative estimate of drug-likeness (QED) is 0.610. The van der Waals surface area contributed by atoms with E-state index in [4.69, 9.17) is 16.3 Å². The number of rotatable bonds is 10. The molecule has 1 saturated heterocycles. The van der Waals surface area contributed by atoms with Crippen molar-refractivity contribution in [3.05, 3.63) is 28.8 Å². The van der Waals surface area contributed by atoms with Crippen molar-refractivity contribution in [1.82, 2.24) is 9.62 Å². The summed E-state index contributed by atoms with van der Waals surface area (Å²) in [6, 6.07) is 4.28. The molecule has 1 aromatic rings. The highest BCUT2D eigenvalue weighted by Crippen LogP contribution is 2.25. The van der Waals surface area contributed by atoms with Crippen LogP contribution < -0.4 is 5.32 Å². The third-order valence-corrected chi connectivity index (χ3v) is 6.50. The normalized spacial score (nSPS) is 15.3. The number of halogens is 1. The minimum absolute atomic E-state index is 0.108. The van der Waals surface area contributed by atoms with Gasteiger partial charge in [-0.3, -0.25) is 4.79 Å². The molecule has 1 N–H and O–H groups in total. The van der Waals surface area contributed by atoms with Gasteiger partial charge in [-0.25, -0.2) is 8.42 Å². The molecule has 0 aliphatic carbocycles. The Morgan fingerprint density at radius 1 is 1.23 bits per heavy atom. The van der Waals surface area contributed by atoms with Crippen LogP contribution in [0.3, 0.4) is 0 Å². The predicted octanol–water partition coefficient (Wildman–Crippen LogP) is 3.06. The summed E-state index contributed by atoms with van der Waals surface area (Å²) in [5.41, 5.74) is 0.179. The van der Waals surface area contributed by atoms with E-state index in [2.05, 4.69) is 12.2 Å². The number of carbonyl (C=O) groups is 1. The Bertz CT molecular complexity index is 703. The zero-order chi connectivity index (χ0) is 19.0. The van der Waals surface area contributed by atoms with Gasteiger partial charge in [0, 0.05) is 32.8 Å². The number of hydrogen-bond donors (Lipinski definition) is 1. The molecule has 0 radical (unpaired) electrons. The van der Waals surface area contributed by atoms with Gasteiger partial charge in [-0.15, -0.1) is 0 Å². The third-order valence-electron chi connectivity index (χ3n) is 4.28. The van der Waals surface area contributed by atoms with Crippen LogP contribution in [-0.2, 0) is 14.8 Å². The summed E-state index contributed by atoms with van der Waals surface area (Å²) in [4.78, 5) is 12.5. The third kappa shape index (κ3) is 5.67. The van der Waals surface area contributed by atoms with Crippen LogP contribution in [-0.4, -0.2) is 51.5 Å². The lowest BCUT2D eigenvalue weighted by atomic mass is 10.2. The van der Waals surface area contributed by atoms with E-state index in [-0.39, 0.29) is 21.4 Å². The first-order valence-corrected chi connectivity index (χ1v) is 10.9. The van der Waals surface area contributed by atoms with Crippen molar-refractivity contribution in [2.45, 2.75) is 43.9 Å². The summed E-state index contributed by atoms with van der Waals surface area (Å²) in [5.74, 6) is -0.373. The van der Waals surface area contributed by atoms with Crippen molar-refractivity contribution in [2.75, 3.05) is 32.8 Å². The zero-order valence-electron chi connectivity index (χ0n) is 15.2. The topological polar surface area (TPSA) is 75.7 Å². The number of nitrogens with one attached hydrogen (secondary N) is 1. The van der Waals surface area contributed by atoms with E-state index in [1.165, 1.54) is 22.5 Å². The fraction of sp³-hybridized carbons (Fsp3) is 0.611. The predicted molar refractivity (Wildman–Crippen MR) is 102 cm³/mol.